The van der Waals surface area contributed by atoms with Crippen LogP contribution in [0.5, 0.6) is 0 Å². The fourth-order valence-electron chi connectivity index (χ4n) is 1.51. The Morgan fingerprint density at radius 2 is 2.10 bits per heavy atom. The standard InChI is InChI=1S/C8H6F3N9/c9-8(10,11)7-15-5(4-6(16-7)14-2-13-4)12-1-3-17-19-20-18-3/h2H,1H2,(H,17,18,19,20)(H2,12,13,14,15,16). The van der Waals surface area contributed by atoms with Crippen molar-refractivity contribution in [3.8, 4) is 0 Å². The van der Waals surface area contributed by atoms with E-state index in [9.17, 15) is 13.2 Å². The molecule has 0 aromatic carbocycles. The lowest BCUT2D eigenvalue weighted by Crippen LogP contribution is -2.14. The zero-order valence-corrected chi connectivity index (χ0v) is 9.60. The van der Waals surface area contributed by atoms with Crippen LogP contribution >= 0.6 is 0 Å². The van der Waals surface area contributed by atoms with Crippen LogP contribution in [-0.4, -0.2) is 40.6 Å². The molecule has 0 aliphatic carbocycles. The van der Waals surface area contributed by atoms with Crippen LogP contribution in [0.1, 0.15) is 11.6 Å². The van der Waals surface area contributed by atoms with Crippen LogP contribution in [-0.2, 0) is 12.7 Å². The van der Waals surface area contributed by atoms with E-state index in [1.807, 2.05) is 0 Å². The van der Waals surface area contributed by atoms with Gasteiger partial charge in [0.1, 0.15) is 5.52 Å². The Morgan fingerprint density at radius 3 is 2.80 bits per heavy atom. The van der Waals surface area contributed by atoms with Crippen LogP contribution in [0.15, 0.2) is 6.33 Å². The normalized spacial score (nSPS) is 11.9. The molecule has 3 heterocycles. The molecule has 0 atom stereocenters. The Kier molecular flexibility index (Phi) is 2.69. The fraction of sp³-hybridized carbons (Fsp3) is 0.250. The van der Waals surface area contributed by atoms with Gasteiger partial charge in [-0.15, -0.1) is 10.2 Å². The first-order chi connectivity index (χ1) is 9.54. The second kappa shape index (κ2) is 4.40. The summed E-state index contributed by atoms with van der Waals surface area (Å²) in [5.41, 5.74) is 0.185. The van der Waals surface area contributed by atoms with E-state index in [0.717, 1.165) is 0 Å². The van der Waals surface area contributed by atoms with Crippen LogP contribution in [0, 0.1) is 0 Å². The van der Waals surface area contributed by atoms with E-state index in [4.69, 9.17) is 0 Å². The summed E-state index contributed by atoms with van der Waals surface area (Å²) in [6.07, 6.45) is -3.42. The Morgan fingerprint density at radius 1 is 1.25 bits per heavy atom. The zero-order valence-electron chi connectivity index (χ0n) is 9.60. The van der Waals surface area contributed by atoms with E-state index < -0.39 is 12.0 Å². The van der Waals surface area contributed by atoms with E-state index in [1.165, 1.54) is 6.33 Å². The van der Waals surface area contributed by atoms with E-state index in [2.05, 4.69) is 45.9 Å². The summed E-state index contributed by atoms with van der Waals surface area (Å²) in [6, 6.07) is 0. The highest BCUT2D eigenvalue weighted by molar-refractivity contribution is 5.82. The number of aromatic nitrogens is 8. The lowest BCUT2D eigenvalue weighted by molar-refractivity contribution is -0.144. The molecule has 3 rings (SSSR count). The summed E-state index contributed by atoms with van der Waals surface area (Å²) >= 11 is 0. The number of halogens is 3. The average molecular weight is 285 g/mol. The minimum atomic E-state index is -4.66. The number of tetrazole rings is 1. The van der Waals surface area contributed by atoms with Gasteiger partial charge in [0.2, 0.25) is 5.82 Å². The van der Waals surface area contributed by atoms with Crippen LogP contribution in [0.4, 0.5) is 19.0 Å². The molecule has 0 unspecified atom stereocenters. The number of fused-ring (bicyclic) bond motifs is 1. The molecule has 3 aromatic heterocycles. The molecule has 3 N–H and O–H groups in total. The van der Waals surface area contributed by atoms with Gasteiger partial charge in [-0.05, 0) is 0 Å². The molecule has 0 aliphatic rings. The van der Waals surface area contributed by atoms with Gasteiger partial charge in [0, 0.05) is 0 Å². The quantitative estimate of drug-likeness (QED) is 0.640. The van der Waals surface area contributed by atoms with Gasteiger partial charge < -0.3 is 10.3 Å². The van der Waals surface area contributed by atoms with Crippen molar-refractivity contribution in [3.05, 3.63) is 18.0 Å². The monoisotopic (exact) mass is 285 g/mol. The predicted molar refractivity (Wildman–Crippen MR) is 58.2 cm³/mol. The number of alkyl halides is 3. The molecule has 0 fully saturated rings. The Labute approximate surface area is 108 Å². The number of nitrogens with one attached hydrogen (secondary N) is 3. The summed E-state index contributed by atoms with van der Waals surface area (Å²) < 4.78 is 38.1. The van der Waals surface area contributed by atoms with Gasteiger partial charge in [-0.2, -0.15) is 18.4 Å². The highest BCUT2D eigenvalue weighted by Gasteiger charge is 2.36. The first-order valence-corrected chi connectivity index (χ1v) is 5.28. The van der Waals surface area contributed by atoms with Crippen molar-refractivity contribution in [1.82, 2.24) is 40.6 Å². The average Bonchev–Trinajstić information content (AvgIpc) is 3.05. The molecular formula is C8H6F3N9. The van der Waals surface area contributed by atoms with E-state index in [1.54, 1.807) is 0 Å². The highest BCUT2D eigenvalue weighted by atomic mass is 19.4. The number of hydrogen-bond acceptors (Lipinski definition) is 7. The summed E-state index contributed by atoms with van der Waals surface area (Å²) in [5.74, 6) is -1.03. The summed E-state index contributed by atoms with van der Waals surface area (Å²) in [7, 11) is 0. The van der Waals surface area contributed by atoms with Gasteiger partial charge in [-0.1, -0.05) is 5.21 Å². The molecule has 0 amide bonds. The number of imidazole rings is 1. The SMILES string of the molecule is FC(F)(F)c1nc(NCc2nn[nH]n2)c2[nH]cnc2n1. The number of nitrogens with zero attached hydrogens (tertiary/aromatic N) is 6. The zero-order chi connectivity index (χ0) is 14.2. The Balaban J connectivity index is 1.97. The number of hydrogen-bond donors (Lipinski definition) is 3. The first kappa shape index (κ1) is 12.3. The Hall–Kier alpha value is -2.79. The van der Waals surface area contributed by atoms with E-state index >= 15 is 0 Å². The second-order valence-corrected chi connectivity index (χ2v) is 3.68. The predicted octanol–water partition coefficient (Wildman–Crippen LogP) is 0.497. The largest absolute Gasteiger partial charge is 0.451 e. The maximum Gasteiger partial charge on any atom is 0.451 e. The van der Waals surface area contributed by atoms with Gasteiger partial charge in [0.15, 0.2) is 17.3 Å². The van der Waals surface area contributed by atoms with Crippen LogP contribution in [0.3, 0.4) is 0 Å². The molecule has 0 spiro atoms. The minimum absolute atomic E-state index is 0.0374. The minimum Gasteiger partial charge on any atom is -0.361 e. The van der Waals surface area contributed by atoms with Crippen molar-refractivity contribution in [2.45, 2.75) is 12.7 Å². The van der Waals surface area contributed by atoms with E-state index in [0.29, 0.717) is 0 Å². The molecule has 0 saturated heterocycles. The van der Waals surface area contributed by atoms with Crippen molar-refractivity contribution in [2.24, 2.45) is 0 Å². The second-order valence-electron chi connectivity index (χ2n) is 3.68. The molecular weight excluding hydrogens is 279 g/mol. The van der Waals surface area contributed by atoms with Crippen molar-refractivity contribution < 1.29 is 13.2 Å². The van der Waals surface area contributed by atoms with Gasteiger partial charge in [0.05, 0.1) is 12.9 Å². The third kappa shape index (κ3) is 2.22. The molecule has 3 aromatic rings. The third-order valence-corrected chi connectivity index (χ3v) is 2.34. The van der Waals surface area contributed by atoms with Crippen molar-refractivity contribution in [3.63, 3.8) is 0 Å². The van der Waals surface area contributed by atoms with Crippen LogP contribution in [0.25, 0.3) is 11.2 Å². The molecule has 20 heavy (non-hydrogen) atoms. The third-order valence-electron chi connectivity index (χ3n) is 2.34. The maximum atomic E-state index is 12.7. The lowest BCUT2D eigenvalue weighted by Gasteiger charge is -2.08. The molecule has 0 bridgehead atoms. The molecule has 0 radical (unpaired) electrons. The molecule has 0 saturated carbocycles. The molecule has 12 heteroatoms. The highest BCUT2D eigenvalue weighted by Crippen LogP contribution is 2.29. The first-order valence-electron chi connectivity index (χ1n) is 5.28. The van der Waals surface area contributed by atoms with Gasteiger partial charge in [-0.3, -0.25) is 0 Å². The number of anilines is 1. The lowest BCUT2D eigenvalue weighted by atomic mass is 10.4. The molecule has 0 aliphatic heterocycles. The number of H-pyrrole nitrogens is 2. The summed E-state index contributed by atoms with van der Waals surface area (Å²) in [5, 5.41) is 15.6. The van der Waals surface area contributed by atoms with Gasteiger partial charge in [-0.25, -0.2) is 15.0 Å². The molecule has 9 nitrogen and oxygen atoms in total. The summed E-state index contributed by atoms with van der Waals surface area (Å²) in [4.78, 5) is 13.2. The van der Waals surface area contributed by atoms with Crippen molar-refractivity contribution in [1.29, 1.82) is 0 Å². The van der Waals surface area contributed by atoms with Gasteiger partial charge >= 0.3 is 6.18 Å². The van der Waals surface area contributed by atoms with Crippen molar-refractivity contribution >= 4 is 17.0 Å². The smallest absolute Gasteiger partial charge is 0.361 e. The van der Waals surface area contributed by atoms with Crippen LogP contribution in [0.2, 0.25) is 0 Å². The fourth-order valence-corrected chi connectivity index (χ4v) is 1.51. The topological polar surface area (TPSA) is 121 Å². The summed E-state index contributed by atoms with van der Waals surface area (Å²) in [6.45, 7) is 0.0545. The maximum absolute atomic E-state index is 12.7. The Bertz CT molecular complexity index is 716. The van der Waals surface area contributed by atoms with Gasteiger partial charge in [0.25, 0.3) is 0 Å². The molecule has 104 valence electrons. The van der Waals surface area contributed by atoms with E-state index in [-0.39, 0.29) is 29.4 Å². The number of aromatic amines is 2. The van der Waals surface area contributed by atoms with Crippen molar-refractivity contribution in [2.75, 3.05) is 5.32 Å². The van der Waals surface area contributed by atoms with Crippen LogP contribution < -0.4 is 5.32 Å². The number of rotatable bonds is 3.